The van der Waals surface area contributed by atoms with Crippen LogP contribution in [0.25, 0.3) is 0 Å². The van der Waals surface area contributed by atoms with Crippen LogP contribution in [-0.4, -0.2) is 65.1 Å². The summed E-state index contributed by atoms with van der Waals surface area (Å²) in [5, 5.41) is 11.1. The van der Waals surface area contributed by atoms with Crippen LogP contribution in [0.15, 0.2) is 11.1 Å². The third kappa shape index (κ3) is 11.0. The minimum atomic E-state index is -0.484. The fraction of sp³-hybridized carbons (Fsp3) is 0.762. The summed E-state index contributed by atoms with van der Waals surface area (Å²) < 4.78 is 7.53. The van der Waals surface area contributed by atoms with Gasteiger partial charge in [0.2, 0.25) is 0 Å². The van der Waals surface area contributed by atoms with E-state index in [9.17, 15) is 4.79 Å². The number of hydrogen-bond donors (Lipinski definition) is 2. The highest BCUT2D eigenvalue weighted by atomic mass is 127. The number of nitrogens with zero attached hydrogens (tertiary/aromatic N) is 4. The highest BCUT2D eigenvalue weighted by molar-refractivity contribution is 14.0. The first-order valence-corrected chi connectivity index (χ1v) is 10.5. The number of rotatable bonds is 9. The van der Waals surface area contributed by atoms with Crippen molar-refractivity contribution in [1.29, 1.82) is 0 Å². The molecule has 1 amide bonds. The van der Waals surface area contributed by atoms with Gasteiger partial charge in [0.1, 0.15) is 5.60 Å². The predicted molar refractivity (Wildman–Crippen MR) is 134 cm³/mol. The quantitative estimate of drug-likeness (QED) is 0.218. The molecule has 30 heavy (non-hydrogen) atoms. The van der Waals surface area contributed by atoms with Crippen molar-refractivity contribution in [2.75, 3.05) is 26.7 Å². The lowest BCUT2D eigenvalue weighted by molar-refractivity contribution is 0.0190. The number of amides is 1. The zero-order valence-corrected chi connectivity index (χ0v) is 22.2. The van der Waals surface area contributed by atoms with Crippen LogP contribution in [0.1, 0.15) is 58.8 Å². The van der Waals surface area contributed by atoms with Crippen LogP contribution in [-0.2, 0) is 11.3 Å². The molecule has 0 unspecified atom stereocenters. The SMILES string of the molecule is CN=C(NCCCN(C(=O)OC(C)(C)C)C(C)C)NCCCn1nc(C)cc1C.I. The molecule has 1 aromatic rings. The summed E-state index contributed by atoms with van der Waals surface area (Å²) in [6, 6.07) is 2.18. The summed E-state index contributed by atoms with van der Waals surface area (Å²) in [5.74, 6) is 0.770. The molecule has 0 saturated carbocycles. The molecule has 0 spiro atoms. The normalized spacial score (nSPS) is 11.8. The van der Waals surface area contributed by atoms with Gasteiger partial charge < -0.3 is 20.3 Å². The molecule has 0 aromatic carbocycles. The molecule has 0 aliphatic rings. The minimum absolute atomic E-state index is 0. The fourth-order valence-electron chi connectivity index (χ4n) is 2.89. The van der Waals surface area contributed by atoms with Gasteiger partial charge in [0.05, 0.1) is 5.69 Å². The van der Waals surface area contributed by atoms with Gasteiger partial charge in [0, 0.05) is 45.0 Å². The molecule has 0 radical (unpaired) electrons. The van der Waals surface area contributed by atoms with Crippen molar-refractivity contribution in [2.45, 2.75) is 79.5 Å². The molecule has 1 rings (SSSR count). The van der Waals surface area contributed by atoms with Gasteiger partial charge in [0.25, 0.3) is 0 Å². The molecule has 0 bridgehead atoms. The Kier molecular flexibility index (Phi) is 13.0. The first kappa shape index (κ1) is 28.5. The monoisotopic (exact) mass is 536 g/mol. The summed E-state index contributed by atoms with van der Waals surface area (Å²) in [4.78, 5) is 18.4. The van der Waals surface area contributed by atoms with E-state index in [1.54, 1.807) is 11.9 Å². The Bertz CT molecular complexity index is 667. The van der Waals surface area contributed by atoms with E-state index in [4.69, 9.17) is 4.74 Å². The number of nitrogens with one attached hydrogen (secondary N) is 2. The third-order valence-corrected chi connectivity index (χ3v) is 4.29. The van der Waals surface area contributed by atoms with E-state index >= 15 is 0 Å². The van der Waals surface area contributed by atoms with E-state index in [1.165, 1.54) is 5.69 Å². The average Bonchev–Trinajstić information content (AvgIpc) is 2.91. The van der Waals surface area contributed by atoms with Crippen LogP contribution >= 0.6 is 24.0 Å². The summed E-state index contributed by atoms with van der Waals surface area (Å²) in [6.07, 6.45) is 1.51. The molecule has 1 heterocycles. The average molecular weight is 537 g/mol. The van der Waals surface area contributed by atoms with Crippen LogP contribution in [0.4, 0.5) is 4.79 Å². The van der Waals surface area contributed by atoms with Crippen molar-refractivity contribution in [3.8, 4) is 0 Å². The van der Waals surface area contributed by atoms with Gasteiger partial charge in [-0.2, -0.15) is 5.10 Å². The van der Waals surface area contributed by atoms with Gasteiger partial charge in [-0.15, -0.1) is 24.0 Å². The number of aliphatic imine (C=N–C) groups is 1. The first-order valence-electron chi connectivity index (χ1n) is 10.5. The van der Waals surface area contributed by atoms with E-state index in [2.05, 4.69) is 33.7 Å². The number of ether oxygens (including phenoxy) is 1. The van der Waals surface area contributed by atoms with Gasteiger partial charge in [-0.1, -0.05) is 0 Å². The molecule has 9 heteroatoms. The van der Waals surface area contributed by atoms with Crippen molar-refractivity contribution in [1.82, 2.24) is 25.3 Å². The smallest absolute Gasteiger partial charge is 0.410 e. The maximum Gasteiger partial charge on any atom is 0.410 e. The lowest BCUT2D eigenvalue weighted by Gasteiger charge is -2.30. The van der Waals surface area contributed by atoms with E-state index in [0.717, 1.165) is 44.1 Å². The highest BCUT2D eigenvalue weighted by Gasteiger charge is 2.23. The molecule has 0 saturated heterocycles. The molecular weight excluding hydrogens is 495 g/mol. The summed E-state index contributed by atoms with van der Waals surface area (Å²) in [5.41, 5.74) is 1.75. The molecule has 8 nitrogen and oxygen atoms in total. The second-order valence-electron chi connectivity index (χ2n) is 8.55. The van der Waals surface area contributed by atoms with E-state index in [-0.39, 0.29) is 36.1 Å². The van der Waals surface area contributed by atoms with Crippen LogP contribution in [0, 0.1) is 13.8 Å². The number of hydrogen-bond acceptors (Lipinski definition) is 4. The second-order valence-corrected chi connectivity index (χ2v) is 8.55. The molecule has 174 valence electrons. The molecule has 0 fully saturated rings. The molecule has 0 aliphatic carbocycles. The lowest BCUT2D eigenvalue weighted by Crippen LogP contribution is -2.43. The van der Waals surface area contributed by atoms with Crippen LogP contribution in [0.3, 0.4) is 0 Å². The van der Waals surface area contributed by atoms with Gasteiger partial charge in [-0.3, -0.25) is 9.67 Å². The fourth-order valence-corrected chi connectivity index (χ4v) is 2.89. The molecule has 0 atom stereocenters. The van der Waals surface area contributed by atoms with Gasteiger partial charge in [-0.05, 0) is 67.4 Å². The number of halogens is 1. The Morgan fingerprint density at radius 2 is 1.83 bits per heavy atom. The Balaban J connectivity index is 0.00000841. The van der Waals surface area contributed by atoms with E-state index in [1.807, 2.05) is 46.2 Å². The molecule has 1 aromatic heterocycles. The van der Waals surface area contributed by atoms with Crippen molar-refractivity contribution < 1.29 is 9.53 Å². The van der Waals surface area contributed by atoms with Crippen molar-refractivity contribution in [2.24, 2.45) is 4.99 Å². The highest BCUT2D eigenvalue weighted by Crippen LogP contribution is 2.12. The predicted octanol–water partition coefficient (Wildman–Crippen LogP) is 3.71. The largest absolute Gasteiger partial charge is 0.444 e. The first-order chi connectivity index (χ1) is 13.5. The Morgan fingerprint density at radius 1 is 1.23 bits per heavy atom. The number of guanidine groups is 1. The Hall–Kier alpha value is -1.52. The topological polar surface area (TPSA) is 83.8 Å². The number of aryl methyl sites for hydroxylation is 3. The van der Waals surface area contributed by atoms with Crippen LogP contribution in [0.5, 0.6) is 0 Å². The number of carbonyl (C=O) groups excluding carboxylic acids is 1. The summed E-state index contributed by atoms with van der Waals surface area (Å²) in [7, 11) is 1.76. The van der Waals surface area contributed by atoms with Gasteiger partial charge >= 0.3 is 6.09 Å². The summed E-state index contributed by atoms with van der Waals surface area (Å²) in [6.45, 7) is 16.8. The maximum absolute atomic E-state index is 12.3. The van der Waals surface area contributed by atoms with Crippen molar-refractivity contribution in [3.05, 3.63) is 17.5 Å². The van der Waals surface area contributed by atoms with Crippen molar-refractivity contribution in [3.63, 3.8) is 0 Å². The standard InChI is InChI=1S/C21H40N6O2.HI/c1-16(2)26(20(28)29-21(5,6)7)13-9-11-23-19(22-8)24-12-10-14-27-18(4)15-17(3)25-27;/h15-16H,9-14H2,1-8H3,(H2,22,23,24);1H. The number of carbonyl (C=O) groups is 1. The zero-order chi connectivity index (χ0) is 22.0. The van der Waals surface area contributed by atoms with E-state index < -0.39 is 5.60 Å². The Labute approximate surface area is 199 Å². The zero-order valence-electron chi connectivity index (χ0n) is 19.9. The third-order valence-electron chi connectivity index (χ3n) is 4.29. The minimum Gasteiger partial charge on any atom is -0.444 e. The molecule has 0 aliphatic heterocycles. The maximum atomic E-state index is 12.3. The number of aromatic nitrogens is 2. The van der Waals surface area contributed by atoms with E-state index in [0.29, 0.717) is 6.54 Å². The van der Waals surface area contributed by atoms with Gasteiger partial charge in [-0.25, -0.2) is 4.79 Å². The van der Waals surface area contributed by atoms with Gasteiger partial charge in [0.15, 0.2) is 5.96 Å². The Morgan fingerprint density at radius 3 is 2.30 bits per heavy atom. The van der Waals surface area contributed by atoms with Crippen LogP contribution < -0.4 is 10.6 Å². The second kappa shape index (κ2) is 13.7. The summed E-state index contributed by atoms with van der Waals surface area (Å²) >= 11 is 0. The van der Waals surface area contributed by atoms with Crippen LogP contribution in [0.2, 0.25) is 0 Å². The molecule has 2 N–H and O–H groups in total. The lowest BCUT2D eigenvalue weighted by atomic mass is 10.2. The van der Waals surface area contributed by atoms with Crippen molar-refractivity contribution >= 4 is 36.0 Å². The molecular formula is C21H41IN6O2.